The van der Waals surface area contributed by atoms with Crippen molar-refractivity contribution < 1.29 is 14.3 Å². The van der Waals surface area contributed by atoms with E-state index in [1.807, 2.05) is 37.8 Å². The van der Waals surface area contributed by atoms with Gasteiger partial charge in [0, 0.05) is 18.0 Å². The number of methoxy groups -OCH3 is 1. The van der Waals surface area contributed by atoms with Crippen LogP contribution in [0, 0.1) is 11.3 Å². The topological polar surface area (TPSA) is 46.6 Å². The van der Waals surface area contributed by atoms with Crippen LogP contribution in [0.2, 0.25) is 0 Å². The summed E-state index contributed by atoms with van der Waals surface area (Å²) in [4.78, 5) is 28.5. The molecule has 0 bridgehead atoms. The first kappa shape index (κ1) is 27.0. The number of ether oxygens (including phenoxy) is 1. The van der Waals surface area contributed by atoms with E-state index in [1.54, 1.807) is 7.11 Å². The van der Waals surface area contributed by atoms with Crippen LogP contribution < -0.4 is 4.74 Å². The van der Waals surface area contributed by atoms with Crippen LogP contribution in [-0.2, 0) is 22.4 Å². The Hall–Kier alpha value is -2.62. The molecule has 0 radical (unpaired) electrons. The Bertz CT molecular complexity index is 935. The maximum absolute atomic E-state index is 13.4. The van der Waals surface area contributed by atoms with Gasteiger partial charge in [0.05, 0.1) is 7.11 Å². The number of nitrogens with zero attached hydrogens (tertiary/aromatic N) is 1. The lowest BCUT2D eigenvalue weighted by Crippen LogP contribution is -2.52. The van der Waals surface area contributed by atoms with Gasteiger partial charge in [-0.2, -0.15) is 0 Å². The van der Waals surface area contributed by atoms with Gasteiger partial charge in [-0.3, -0.25) is 9.59 Å². The predicted octanol–water partition coefficient (Wildman–Crippen LogP) is 6.65. The maximum atomic E-state index is 13.4. The fourth-order valence-corrected chi connectivity index (χ4v) is 5.17. The second-order valence-corrected chi connectivity index (χ2v) is 10.7. The van der Waals surface area contributed by atoms with Crippen LogP contribution >= 0.6 is 0 Å². The summed E-state index contributed by atoms with van der Waals surface area (Å²) in [5, 5.41) is 0. The Balaban J connectivity index is 1.75. The van der Waals surface area contributed by atoms with Crippen molar-refractivity contribution in [1.29, 1.82) is 0 Å². The highest BCUT2D eigenvalue weighted by atomic mass is 16.5. The summed E-state index contributed by atoms with van der Waals surface area (Å²) in [6.45, 7) is 6.48. The highest BCUT2D eigenvalue weighted by Gasteiger charge is 2.39. The van der Waals surface area contributed by atoms with Gasteiger partial charge in [0.1, 0.15) is 5.75 Å². The zero-order valence-corrected chi connectivity index (χ0v) is 22.1. The number of amides is 1. The number of benzene rings is 2. The van der Waals surface area contributed by atoms with Crippen LogP contribution in [0.25, 0.3) is 0 Å². The molecule has 4 heteroatoms. The highest BCUT2D eigenvalue weighted by Crippen LogP contribution is 2.32. The first-order chi connectivity index (χ1) is 16.9. The molecule has 1 aliphatic heterocycles. The van der Waals surface area contributed by atoms with Gasteiger partial charge in [-0.05, 0) is 87.0 Å². The van der Waals surface area contributed by atoms with Crippen molar-refractivity contribution >= 4 is 11.7 Å². The molecule has 0 aliphatic carbocycles. The van der Waals surface area contributed by atoms with Crippen molar-refractivity contribution in [1.82, 2.24) is 4.90 Å². The fourth-order valence-electron chi connectivity index (χ4n) is 5.17. The van der Waals surface area contributed by atoms with Crippen LogP contribution in [0.1, 0.15) is 76.8 Å². The SMILES string of the molecule is CCC(C)(C)C(=O)C(=O)N1CCCCC1C(CCCc1ccccc1)CCc1ccc(OC)cc1. The molecule has 1 fully saturated rings. The number of likely N-dealkylation sites (tertiary alicyclic amines) is 1. The molecule has 3 rings (SSSR count). The number of Topliss-reactive ketones (excluding diaryl/α,β-unsaturated/α-hetero) is 1. The number of ketones is 1. The van der Waals surface area contributed by atoms with Crippen LogP contribution in [0.3, 0.4) is 0 Å². The second-order valence-electron chi connectivity index (χ2n) is 10.7. The van der Waals surface area contributed by atoms with E-state index in [-0.39, 0.29) is 17.7 Å². The third-order valence-corrected chi connectivity index (χ3v) is 7.89. The molecule has 0 N–H and O–H groups in total. The van der Waals surface area contributed by atoms with Gasteiger partial charge in [-0.15, -0.1) is 0 Å². The molecule has 1 saturated heterocycles. The first-order valence-corrected chi connectivity index (χ1v) is 13.4. The molecule has 1 aliphatic rings. The Kier molecular flexibility index (Phi) is 9.94. The minimum absolute atomic E-state index is 0.141. The molecular weight excluding hydrogens is 434 g/mol. The Morgan fingerprint density at radius 1 is 0.971 bits per heavy atom. The van der Waals surface area contributed by atoms with Crippen LogP contribution in [0.4, 0.5) is 0 Å². The highest BCUT2D eigenvalue weighted by molar-refractivity contribution is 6.38. The number of hydrogen-bond donors (Lipinski definition) is 0. The number of aryl methyl sites for hydroxylation is 2. The average molecular weight is 478 g/mol. The van der Waals surface area contributed by atoms with E-state index in [2.05, 4.69) is 42.5 Å². The monoisotopic (exact) mass is 477 g/mol. The number of carbonyl (C=O) groups excluding carboxylic acids is 2. The van der Waals surface area contributed by atoms with Gasteiger partial charge < -0.3 is 9.64 Å². The number of hydrogen-bond acceptors (Lipinski definition) is 3. The average Bonchev–Trinajstić information content (AvgIpc) is 2.90. The fraction of sp³-hybridized carbons (Fsp3) is 0.548. The quantitative estimate of drug-likeness (QED) is 0.321. The Morgan fingerprint density at radius 3 is 2.31 bits per heavy atom. The lowest BCUT2D eigenvalue weighted by molar-refractivity contribution is -0.152. The van der Waals surface area contributed by atoms with Gasteiger partial charge in [-0.25, -0.2) is 0 Å². The van der Waals surface area contributed by atoms with Crippen molar-refractivity contribution in [2.75, 3.05) is 13.7 Å². The van der Waals surface area contributed by atoms with Crippen molar-refractivity contribution in [2.24, 2.45) is 11.3 Å². The van der Waals surface area contributed by atoms with Crippen LogP contribution in [-0.4, -0.2) is 36.3 Å². The van der Waals surface area contributed by atoms with Crippen molar-refractivity contribution in [3.8, 4) is 5.75 Å². The molecule has 0 saturated carbocycles. The third-order valence-electron chi connectivity index (χ3n) is 7.89. The predicted molar refractivity (Wildman–Crippen MR) is 143 cm³/mol. The van der Waals surface area contributed by atoms with E-state index >= 15 is 0 Å². The molecule has 2 atom stereocenters. The second kappa shape index (κ2) is 12.9. The number of carbonyl (C=O) groups is 2. The maximum Gasteiger partial charge on any atom is 0.290 e. The van der Waals surface area contributed by atoms with E-state index < -0.39 is 5.41 Å². The largest absolute Gasteiger partial charge is 0.497 e. The summed E-state index contributed by atoms with van der Waals surface area (Å²) >= 11 is 0. The molecule has 1 amide bonds. The molecule has 0 aromatic heterocycles. The summed E-state index contributed by atoms with van der Waals surface area (Å²) in [5.41, 5.74) is 2.04. The van der Waals surface area contributed by atoms with Crippen LogP contribution in [0.15, 0.2) is 54.6 Å². The Labute approximate surface area is 212 Å². The van der Waals surface area contributed by atoms with Crippen molar-refractivity contribution in [2.45, 2.75) is 84.6 Å². The van der Waals surface area contributed by atoms with Gasteiger partial charge >= 0.3 is 0 Å². The van der Waals surface area contributed by atoms with Crippen molar-refractivity contribution in [3.05, 3.63) is 65.7 Å². The van der Waals surface area contributed by atoms with Gasteiger partial charge in [0.15, 0.2) is 0 Å². The molecule has 2 aromatic carbocycles. The minimum Gasteiger partial charge on any atom is -0.497 e. The smallest absolute Gasteiger partial charge is 0.290 e. The molecule has 35 heavy (non-hydrogen) atoms. The molecular formula is C31H43NO3. The molecule has 2 unspecified atom stereocenters. The zero-order chi connectivity index (χ0) is 25.3. The summed E-state index contributed by atoms with van der Waals surface area (Å²) in [6.07, 6.45) is 8.94. The standard InChI is InChI=1S/C31H43NO3/c1-5-31(2,3)29(33)30(34)32-23-10-9-16-28(32)26(15-11-14-24-12-7-6-8-13-24)20-17-25-18-21-27(35-4)22-19-25/h6-8,12-13,18-19,21-22,26,28H,5,9-11,14-17,20,23H2,1-4H3. The summed E-state index contributed by atoms with van der Waals surface area (Å²) < 4.78 is 5.31. The molecule has 2 aromatic rings. The molecule has 0 spiro atoms. The normalized spacial score (nSPS) is 17.1. The number of piperidine rings is 1. The van der Waals surface area contributed by atoms with Gasteiger partial charge in [0.25, 0.3) is 5.91 Å². The van der Waals surface area contributed by atoms with Gasteiger partial charge in [0.2, 0.25) is 5.78 Å². The molecule has 4 nitrogen and oxygen atoms in total. The zero-order valence-electron chi connectivity index (χ0n) is 22.1. The van der Waals surface area contributed by atoms with Crippen LogP contribution in [0.5, 0.6) is 5.75 Å². The lowest BCUT2D eigenvalue weighted by Gasteiger charge is -2.41. The van der Waals surface area contributed by atoms with E-state index in [9.17, 15) is 9.59 Å². The summed E-state index contributed by atoms with van der Waals surface area (Å²) in [6, 6.07) is 19.1. The molecule has 1 heterocycles. The number of rotatable bonds is 12. The lowest BCUT2D eigenvalue weighted by atomic mass is 9.80. The Morgan fingerprint density at radius 2 is 1.66 bits per heavy atom. The van der Waals surface area contributed by atoms with E-state index in [0.717, 1.165) is 57.1 Å². The third kappa shape index (κ3) is 7.43. The minimum atomic E-state index is -0.606. The van der Waals surface area contributed by atoms with Gasteiger partial charge in [-0.1, -0.05) is 63.2 Å². The van der Waals surface area contributed by atoms with E-state index in [4.69, 9.17) is 4.74 Å². The first-order valence-electron chi connectivity index (χ1n) is 13.4. The summed E-state index contributed by atoms with van der Waals surface area (Å²) in [7, 11) is 1.69. The van der Waals surface area contributed by atoms with E-state index in [0.29, 0.717) is 18.9 Å². The summed E-state index contributed by atoms with van der Waals surface area (Å²) in [5.74, 6) is 0.751. The molecule has 190 valence electrons. The van der Waals surface area contributed by atoms with Crippen molar-refractivity contribution in [3.63, 3.8) is 0 Å². The van der Waals surface area contributed by atoms with E-state index in [1.165, 1.54) is 11.1 Å².